The molecule has 0 unspecified atom stereocenters. The molecule has 30 heavy (non-hydrogen) atoms. The number of likely N-dealkylation sites (tertiary alicyclic amines) is 1. The van der Waals surface area contributed by atoms with E-state index in [1.54, 1.807) is 30.3 Å². The lowest BCUT2D eigenvalue weighted by atomic mass is 10.1. The number of halogens is 3. The van der Waals surface area contributed by atoms with Crippen LogP contribution in [0.15, 0.2) is 36.8 Å². The van der Waals surface area contributed by atoms with E-state index in [1.165, 1.54) is 0 Å². The van der Waals surface area contributed by atoms with Gasteiger partial charge >= 0.3 is 6.18 Å². The molecule has 1 aliphatic heterocycles. The number of carbonyl (C=O) groups excluding carboxylic acids is 1. The summed E-state index contributed by atoms with van der Waals surface area (Å²) in [5.74, 6) is 0.291. The summed E-state index contributed by atoms with van der Waals surface area (Å²) in [7, 11) is 0. The number of alkyl halides is 3. The highest BCUT2D eigenvalue weighted by atomic mass is 19.4. The number of ether oxygens (including phenoxy) is 1. The first-order chi connectivity index (χ1) is 14.4. The zero-order valence-electron chi connectivity index (χ0n) is 16.3. The zero-order chi connectivity index (χ0) is 21.3. The SMILES string of the molecule is CCc1cc(C(F)(F)F)n2ncc(C(=O)N3CCC(Oc4cccnc4)CC3)c2n1. The van der Waals surface area contributed by atoms with E-state index in [0.29, 0.717) is 42.6 Å². The van der Waals surface area contributed by atoms with Crippen LogP contribution in [0.5, 0.6) is 5.75 Å². The number of piperidine rings is 1. The van der Waals surface area contributed by atoms with Gasteiger partial charge < -0.3 is 9.64 Å². The van der Waals surface area contributed by atoms with E-state index in [-0.39, 0.29) is 28.9 Å². The highest BCUT2D eigenvalue weighted by Gasteiger charge is 2.36. The summed E-state index contributed by atoms with van der Waals surface area (Å²) in [5, 5.41) is 3.80. The average molecular weight is 419 g/mol. The number of aromatic nitrogens is 4. The van der Waals surface area contributed by atoms with Crippen LogP contribution in [0.3, 0.4) is 0 Å². The smallest absolute Gasteiger partial charge is 0.433 e. The molecular weight excluding hydrogens is 399 g/mol. The van der Waals surface area contributed by atoms with E-state index in [2.05, 4.69) is 15.1 Å². The number of rotatable bonds is 4. The lowest BCUT2D eigenvalue weighted by Crippen LogP contribution is -2.41. The number of pyridine rings is 1. The van der Waals surface area contributed by atoms with E-state index < -0.39 is 11.9 Å². The van der Waals surface area contributed by atoms with Gasteiger partial charge in [0.1, 0.15) is 23.1 Å². The highest BCUT2D eigenvalue weighted by Crippen LogP contribution is 2.31. The summed E-state index contributed by atoms with van der Waals surface area (Å²) in [5.41, 5.74) is -0.678. The van der Waals surface area contributed by atoms with E-state index >= 15 is 0 Å². The normalized spacial score (nSPS) is 15.5. The molecule has 158 valence electrons. The minimum atomic E-state index is -4.60. The lowest BCUT2D eigenvalue weighted by Gasteiger charge is -2.32. The van der Waals surface area contributed by atoms with Crippen LogP contribution < -0.4 is 4.74 Å². The first kappa shape index (κ1) is 20.1. The molecule has 7 nitrogen and oxygen atoms in total. The fraction of sp³-hybridized carbons (Fsp3) is 0.400. The van der Waals surface area contributed by atoms with E-state index in [4.69, 9.17) is 4.74 Å². The molecule has 10 heteroatoms. The Hall–Kier alpha value is -3.17. The van der Waals surface area contributed by atoms with Crippen LogP contribution in [0.2, 0.25) is 0 Å². The van der Waals surface area contributed by atoms with Gasteiger partial charge in [0.2, 0.25) is 0 Å². The van der Waals surface area contributed by atoms with Crippen LogP contribution in [0.4, 0.5) is 13.2 Å². The molecule has 0 aliphatic carbocycles. The number of hydrogen-bond donors (Lipinski definition) is 0. The molecule has 1 fully saturated rings. The first-order valence-corrected chi connectivity index (χ1v) is 9.67. The fourth-order valence-electron chi connectivity index (χ4n) is 3.50. The predicted molar refractivity (Wildman–Crippen MR) is 101 cm³/mol. The average Bonchev–Trinajstić information content (AvgIpc) is 3.17. The molecule has 0 spiro atoms. The van der Waals surface area contributed by atoms with Crippen molar-refractivity contribution in [2.75, 3.05) is 13.1 Å². The Morgan fingerprint density at radius 1 is 1.27 bits per heavy atom. The van der Waals surface area contributed by atoms with Crippen molar-refractivity contribution >= 4 is 11.6 Å². The Kier molecular flexibility index (Phi) is 5.31. The maximum atomic E-state index is 13.4. The second-order valence-corrected chi connectivity index (χ2v) is 7.08. The van der Waals surface area contributed by atoms with Gasteiger partial charge in [-0.15, -0.1) is 0 Å². The Morgan fingerprint density at radius 2 is 2.03 bits per heavy atom. The summed E-state index contributed by atoms with van der Waals surface area (Å²) < 4.78 is 46.8. The molecule has 4 rings (SSSR count). The molecule has 1 amide bonds. The predicted octanol–water partition coefficient (Wildman–Crippen LogP) is 3.39. The quantitative estimate of drug-likeness (QED) is 0.648. The zero-order valence-corrected chi connectivity index (χ0v) is 16.3. The van der Waals surface area contributed by atoms with E-state index in [0.717, 1.165) is 12.3 Å². The van der Waals surface area contributed by atoms with Crippen LogP contribution in [0, 0.1) is 0 Å². The monoisotopic (exact) mass is 419 g/mol. The number of aryl methyl sites for hydroxylation is 1. The lowest BCUT2D eigenvalue weighted by molar-refractivity contribution is -0.142. The minimum Gasteiger partial charge on any atom is -0.489 e. The Bertz CT molecular complexity index is 1040. The molecule has 1 saturated heterocycles. The van der Waals surface area contributed by atoms with Crippen molar-refractivity contribution in [1.29, 1.82) is 0 Å². The van der Waals surface area contributed by atoms with Crippen molar-refractivity contribution in [3.63, 3.8) is 0 Å². The third-order valence-corrected chi connectivity index (χ3v) is 5.07. The molecule has 3 aromatic heterocycles. The summed E-state index contributed by atoms with van der Waals surface area (Å²) in [6.45, 7) is 2.57. The van der Waals surface area contributed by atoms with Gasteiger partial charge in [-0.05, 0) is 24.6 Å². The van der Waals surface area contributed by atoms with Crippen molar-refractivity contribution in [3.8, 4) is 5.75 Å². The number of nitrogens with zero attached hydrogens (tertiary/aromatic N) is 5. The van der Waals surface area contributed by atoms with Crippen LogP contribution in [-0.4, -0.2) is 49.6 Å². The molecule has 0 bridgehead atoms. The van der Waals surface area contributed by atoms with Gasteiger partial charge in [0, 0.05) is 37.8 Å². The van der Waals surface area contributed by atoms with Crippen molar-refractivity contribution in [1.82, 2.24) is 24.5 Å². The second kappa shape index (κ2) is 7.92. The van der Waals surface area contributed by atoms with Crippen LogP contribution in [-0.2, 0) is 12.6 Å². The van der Waals surface area contributed by atoms with Crippen LogP contribution in [0.1, 0.15) is 41.5 Å². The maximum absolute atomic E-state index is 13.4. The number of hydrogen-bond acceptors (Lipinski definition) is 5. The Morgan fingerprint density at radius 3 is 2.67 bits per heavy atom. The summed E-state index contributed by atoms with van der Waals surface area (Å²) in [4.78, 5) is 22.9. The van der Waals surface area contributed by atoms with Crippen molar-refractivity contribution < 1.29 is 22.7 Å². The van der Waals surface area contributed by atoms with Gasteiger partial charge in [-0.25, -0.2) is 9.50 Å². The standard InChI is InChI=1S/C20H20F3N5O2/c1-2-13-10-17(20(21,22)23)28-18(26-13)16(12-25-28)19(29)27-8-5-14(6-9-27)30-15-4-3-7-24-11-15/h3-4,7,10-12,14H,2,5-6,8-9H2,1H3. The largest absolute Gasteiger partial charge is 0.489 e. The van der Waals surface area contributed by atoms with Gasteiger partial charge in [0.05, 0.1) is 12.4 Å². The summed E-state index contributed by atoms with van der Waals surface area (Å²) in [6, 6.07) is 4.57. The van der Waals surface area contributed by atoms with Gasteiger partial charge in [0.15, 0.2) is 5.65 Å². The number of fused-ring (bicyclic) bond motifs is 1. The second-order valence-electron chi connectivity index (χ2n) is 7.08. The third kappa shape index (κ3) is 3.94. The molecule has 3 aromatic rings. The van der Waals surface area contributed by atoms with Crippen LogP contribution >= 0.6 is 0 Å². The van der Waals surface area contributed by atoms with Gasteiger partial charge in [0.25, 0.3) is 5.91 Å². The van der Waals surface area contributed by atoms with Crippen molar-refractivity contribution in [2.45, 2.75) is 38.5 Å². The highest BCUT2D eigenvalue weighted by molar-refractivity contribution is 5.99. The molecule has 1 aliphatic rings. The third-order valence-electron chi connectivity index (χ3n) is 5.07. The number of carbonyl (C=O) groups is 1. The maximum Gasteiger partial charge on any atom is 0.433 e. The van der Waals surface area contributed by atoms with E-state index in [1.807, 2.05) is 6.07 Å². The summed E-state index contributed by atoms with van der Waals surface area (Å²) in [6.07, 6.45) is 1.34. The fourth-order valence-corrected chi connectivity index (χ4v) is 3.50. The minimum absolute atomic E-state index is 0.0520. The molecule has 0 saturated carbocycles. The van der Waals surface area contributed by atoms with Crippen molar-refractivity contribution in [3.05, 3.63) is 53.7 Å². The molecule has 4 heterocycles. The molecule has 0 radical (unpaired) electrons. The number of amides is 1. The topological polar surface area (TPSA) is 72.6 Å². The van der Waals surface area contributed by atoms with Gasteiger partial charge in [-0.2, -0.15) is 18.3 Å². The Balaban J connectivity index is 1.53. The van der Waals surface area contributed by atoms with E-state index in [9.17, 15) is 18.0 Å². The van der Waals surface area contributed by atoms with Gasteiger partial charge in [-0.1, -0.05) is 6.92 Å². The first-order valence-electron chi connectivity index (χ1n) is 9.67. The Labute approximate surface area is 170 Å². The molecule has 0 aromatic carbocycles. The van der Waals surface area contributed by atoms with Crippen molar-refractivity contribution in [2.24, 2.45) is 0 Å². The molecular formula is C20H20F3N5O2. The van der Waals surface area contributed by atoms with Gasteiger partial charge in [-0.3, -0.25) is 9.78 Å². The molecule has 0 atom stereocenters. The summed E-state index contributed by atoms with van der Waals surface area (Å²) >= 11 is 0. The van der Waals surface area contributed by atoms with Crippen LogP contribution in [0.25, 0.3) is 5.65 Å². The molecule has 0 N–H and O–H groups in total.